The third-order valence-electron chi connectivity index (χ3n) is 3.76. The average Bonchev–Trinajstić information content (AvgIpc) is 2.44. The van der Waals surface area contributed by atoms with Crippen molar-refractivity contribution in [2.45, 2.75) is 31.8 Å². The number of aliphatic hydroxyl groups excluding tert-OH is 1. The number of aliphatic hydroxyl groups is 1. The minimum Gasteiger partial charge on any atom is -0.392 e. The van der Waals surface area contributed by atoms with E-state index in [2.05, 4.69) is 0 Å². The predicted molar refractivity (Wildman–Crippen MR) is 85.6 cm³/mol. The molecule has 0 amide bonds. The zero-order chi connectivity index (χ0) is 14.8. The van der Waals surface area contributed by atoms with Crippen LogP contribution in [0.2, 0.25) is 10.0 Å². The minimum atomic E-state index is -0.498. The first-order chi connectivity index (χ1) is 9.41. The molecule has 0 bridgehead atoms. The number of hydrogen-bond acceptors (Lipinski definition) is 1. The standard InChI is InChI=1S/C17H18Cl2O/c1-17(2,13-6-4-3-5-7-13)16(20)11-12-8-9-14(18)15(19)10-12/h3-10,16,20H,11H2,1-2H3. The van der Waals surface area contributed by atoms with Gasteiger partial charge in [0.2, 0.25) is 0 Å². The maximum absolute atomic E-state index is 10.6. The lowest BCUT2D eigenvalue weighted by Crippen LogP contribution is -2.35. The second kappa shape index (κ2) is 6.17. The second-order valence-corrected chi connectivity index (χ2v) is 6.37. The van der Waals surface area contributed by atoms with Crippen molar-refractivity contribution in [3.8, 4) is 0 Å². The lowest BCUT2D eigenvalue weighted by atomic mass is 9.77. The van der Waals surface area contributed by atoms with Gasteiger partial charge in [-0.1, -0.05) is 73.4 Å². The zero-order valence-corrected chi connectivity index (χ0v) is 13.1. The highest BCUT2D eigenvalue weighted by molar-refractivity contribution is 6.42. The molecule has 0 aliphatic carbocycles. The Balaban J connectivity index is 2.18. The molecule has 106 valence electrons. The summed E-state index contributed by atoms with van der Waals surface area (Å²) >= 11 is 11.9. The largest absolute Gasteiger partial charge is 0.392 e. The summed E-state index contributed by atoms with van der Waals surface area (Å²) in [7, 11) is 0. The predicted octanol–water partition coefficient (Wildman–Crippen LogP) is 4.87. The topological polar surface area (TPSA) is 20.2 Å². The van der Waals surface area contributed by atoms with Crippen LogP contribution in [0.4, 0.5) is 0 Å². The van der Waals surface area contributed by atoms with Gasteiger partial charge in [-0.25, -0.2) is 0 Å². The van der Waals surface area contributed by atoms with Crippen LogP contribution in [0.25, 0.3) is 0 Å². The molecular formula is C17H18Cl2O. The zero-order valence-electron chi connectivity index (χ0n) is 11.6. The maximum atomic E-state index is 10.6. The minimum absolute atomic E-state index is 0.326. The molecule has 1 atom stereocenters. The Kier molecular flexibility index (Phi) is 4.74. The van der Waals surface area contributed by atoms with Crippen LogP contribution in [0.5, 0.6) is 0 Å². The molecule has 0 aliphatic heterocycles. The Labute approximate surface area is 130 Å². The molecule has 0 aliphatic rings. The summed E-state index contributed by atoms with van der Waals surface area (Å²) in [5.74, 6) is 0. The van der Waals surface area contributed by atoms with Crippen LogP contribution in [-0.4, -0.2) is 11.2 Å². The van der Waals surface area contributed by atoms with Gasteiger partial charge in [-0.05, 0) is 29.7 Å². The molecular weight excluding hydrogens is 291 g/mol. The molecule has 1 unspecified atom stereocenters. The van der Waals surface area contributed by atoms with E-state index in [4.69, 9.17) is 23.2 Å². The Hall–Kier alpha value is -1.02. The van der Waals surface area contributed by atoms with E-state index in [1.54, 1.807) is 6.07 Å². The molecule has 0 saturated heterocycles. The highest BCUT2D eigenvalue weighted by Gasteiger charge is 2.29. The van der Waals surface area contributed by atoms with Crippen molar-refractivity contribution in [2.24, 2.45) is 0 Å². The van der Waals surface area contributed by atoms with E-state index < -0.39 is 6.10 Å². The number of rotatable bonds is 4. The number of halogens is 2. The van der Waals surface area contributed by atoms with E-state index in [9.17, 15) is 5.11 Å². The van der Waals surface area contributed by atoms with Crippen molar-refractivity contribution >= 4 is 23.2 Å². The van der Waals surface area contributed by atoms with E-state index in [1.807, 2.05) is 56.3 Å². The first-order valence-corrected chi connectivity index (χ1v) is 7.34. The van der Waals surface area contributed by atoms with Gasteiger partial charge in [0.15, 0.2) is 0 Å². The van der Waals surface area contributed by atoms with Crippen LogP contribution >= 0.6 is 23.2 Å². The van der Waals surface area contributed by atoms with E-state index >= 15 is 0 Å². The average molecular weight is 309 g/mol. The molecule has 2 rings (SSSR count). The normalized spacial score (nSPS) is 13.2. The molecule has 3 heteroatoms. The Bertz CT molecular complexity index is 579. The lowest BCUT2D eigenvalue weighted by Gasteiger charge is -2.31. The molecule has 2 aromatic carbocycles. The van der Waals surface area contributed by atoms with Crippen LogP contribution < -0.4 is 0 Å². The molecule has 0 fully saturated rings. The van der Waals surface area contributed by atoms with Crippen molar-refractivity contribution in [1.82, 2.24) is 0 Å². The van der Waals surface area contributed by atoms with Gasteiger partial charge in [-0.3, -0.25) is 0 Å². The van der Waals surface area contributed by atoms with E-state index in [0.717, 1.165) is 11.1 Å². The van der Waals surface area contributed by atoms with Gasteiger partial charge in [0.25, 0.3) is 0 Å². The first kappa shape index (κ1) is 15.4. The van der Waals surface area contributed by atoms with Gasteiger partial charge in [-0.2, -0.15) is 0 Å². The molecule has 1 nitrogen and oxygen atoms in total. The van der Waals surface area contributed by atoms with E-state index in [0.29, 0.717) is 16.5 Å². The van der Waals surface area contributed by atoms with E-state index in [1.165, 1.54) is 0 Å². The van der Waals surface area contributed by atoms with Gasteiger partial charge in [0.1, 0.15) is 0 Å². The first-order valence-electron chi connectivity index (χ1n) is 6.59. The van der Waals surface area contributed by atoms with Crippen molar-refractivity contribution in [1.29, 1.82) is 0 Å². The number of benzene rings is 2. The van der Waals surface area contributed by atoms with Crippen LogP contribution in [0.15, 0.2) is 48.5 Å². The molecule has 20 heavy (non-hydrogen) atoms. The van der Waals surface area contributed by atoms with Crippen molar-refractivity contribution in [3.05, 3.63) is 69.7 Å². The van der Waals surface area contributed by atoms with Crippen molar-refractivity contribution in [3.63, 3.8) is 0 Å². The highest BCUT2D eigenvalue weighted by Crippen LogP contribution is 2.30. The third-order valence-corrected chi connectivity index (χ3v) is 4.50. The Morgan fingerprint density at radius 2 is 1.65 bits per heavy atom. The maximum Gasteiger partial charge on any atom is 0.0671 e. The van der Waals surface area contributed by atoms with Gasteiger partial charge in [-0.15, -0.1) is 0 Å². The van der Waals surface area contributed by atoms with E-state index in [-0.39, 0.29) is 5.41 Å². The Morgan fingerprint density at radius 1 is 1.00 bits per heavy atom. The highest BCUT2D eigenvalue weighted by atomic mass is 35.5. The van der Waals surface area contributed by atoms with Gasteiger partial charge >= 0.3 is 0 Å². The summed E-state index contributed by atoms with van der Waals surface area (Å²) in [5, 5.41) is 11.6. The smallest absolute Gasteiger partial charge is 0.0671 e. The molecule has 0 radical (unpaired) electrons. The summed E-state index contributed by atoms with van der Waals surface area (Å²) in [6, 6.07) is 15.5. The lowest BCUT2D eigenvalue weighted by molar-refractivity contribution is 0.1000. The summed E-state index contributed by atoms with van der Waals surface area (Å²) in [5.41, 5.74) is 1.77. The van der Waals surface area contributed by atoms with Crippen LogP contribution in [0.3, 0.4) is 0 Å². The fourth-order valence-electron chi connectivity index (χ4n) is 2.21. The number of hydrogen-bond donors (Lipinski definition) is 1. The molecule has 1 N–H and O–H groups in total. The molecule has 0 spiro atoms. The quantitative estimate of drug-likeness (QED) is 0.854. The van der Waals surface area contributed by atoms with Gasteiger partial charge in [0.05, 0.1) is 16.1 Å². The van der Waals surface area contributed by atoms with Gasteiger partial charge < -0.3 is 5.11 Å². The summed E-state index contributed by atoms with van der Waals surface area (Å²) < 4.78 is 0. The monoisotopic (exact) mass is 308 g/mol. The third kappa shape index (κ3) is 3.35. The van der Waals surface area contributed by atoms with Crippen LogP contribution in [-0.2, 0) is 11.8 Å². The van der Waals surface area contributed by atoms with Crippen molar-refractivity contribution < 1.29 is 5.11 Å². The second-order valence-electron chi connectivity index (χ2n) is 5.56. The van der Waals surface area contributed by atoms with Crippen molar-refractivity contribution in [2.75, 3.05) is 0 Å². The van der Waals surface area contributed by atoms with Gasteiger partial charge in [0, 0.05) is 5.41 Å². The molecule has 0 heterocycles. The van der Waals surface area contributed by atoms with Crippen LogP contribution in [0.1, 0.15) is 25.0 Å². The fraction of sp³-hybridized carbons (Fsp3) is 0.294. The summed E-state index contributed by atoms with van der Waals surface area (Å²) in [6.07, 6.45) is 0.0424. The Morgan fingerprint density at radius 3 is 2.25 bits per heavy atom. The summed E-state index contributed by atoms with van der Waals surface area (Å²) in [6.45, 7) is 4.09. The molecule has 2 aromatic rings. The fourth-order valence-corrected chi connectivity index (χ4v) is 2.53. The van der Waals surface area contributed by atoms with Crippen LogP contribution in [0, 0.1) is 0 Å². The molecule has 0 saturated carbocycles. The molecule has 0 aromatic heterocycles. The SMILES string of the molecule is CC(C)(c1ccccc1)C(O)Cc1ccc(Cl)c(Cl)c1. The summed E-state index contributed by atoms with van der Waals surface area (Å²) in [4.78, 5) is 0.